The fourth-order valence-corrected chi connectivity index (χ4v) is 4.86. The van der Waals surface area contributed by atoms with Crippen molar-refractivity contribution in [2.24, 2.45) is 5.73 Å². The molecule has 0 atom stereocenters. The van der Waals surface area contributed by atoms with Crippen LogP contribution in [0.2, 0.25) is 0 Å². The number of carboxylic acid groups (broad SMARTS) is 1. The number of nitro groups is 1. The molecule has 0 aliphatic carbocycles. The molecule has 0 aliphatic heterocycles. The van der Waals surface area contributed by atoms with E-state index in [4.69, 9.17) is 10.8 Å². The SMILES string of the molecule is Cc1nc(C(N)=O)sc1C(=O)Nc1ccc(Br)cc1.Cc1nc(NC(=O)c2ccc([N+](=O)[O-])cc2)sc1C(=O)O. The Labute approximate surface area is 242 Å². The van der Waals surface area contributed by atoms with E-state index < -0.39 is 22.7 Å². The van der Waals surface area contributed by atoms with Gasteiger partial charge in [-0.1, -0.05) is 27.3 Å². The van der Waals surface area contributed by atoms with Gasteiger partial charge in [-0.15, -0.1) is 11.3 Å². The molecular formula is C24H19BrN6O7S2. The lowest BCUT2D eigenvalue weighted by molar-refractivity contribution is -0.384. The van der Waals surface area contributed by atoms with E-state index in [-0.39, 0.29) is 32.2 Å². The zero-order valence-electron chi connectivity index (χ0n) is 20.6. The van der Waals surface area contributed by atoms with Crippen LogP contribution in [-0.4, -0.2) is 43.7 Å². The topological polar surface area (TPSA) is 208 Å². The minimum absolute atomic E-state index is 0.0500. The van der Waals surface area contributed by atoms with Gasteiger partial charge in [-0.2, -0.15) is 0 Å². The standard InChI is InChI=1S/C12H10BrN3O2S.C12H9N3O5S/c1-6-9(19-12(15-6)10(14)17)11(18)16-8-4-2-7(13)3-5-8;1-6-9(11(17)18)21-12(13-6)14-10(16)7-2-4-8(5-3-7)15(19)20/h2-5H,1H3,(H2,14,17)(H,16,18);2-5H,1H3,(H,17,18)(H,13,14,16). The van der Waals surface area contributed by atoms with Crippen molar-refractivity contribution in [2.45, 2.75) is 13.8 Å². The van der Waals surface area contributed by atoms with Crippen LogP contribution in [0.25, 0.3) is 0 Å². The smallest absolute Gasteiger partial charge is 0.347 e. The summed E-state index contributed by atoms with van der Waals surface area (Å²) in [5.41, 5.74) is 6.70. The van der Waals surface area contributed by atoms with Crippen LogP contribution >= 0.6 is 38.6 Å². The zero-order chi connectivity index (χ0) is 29.6. The summed E-state index contributed by atoms with van der Waals surface area (Å²) >= 11 is 5.15. The third-order valence-electron chi connectivity index (χ3n) is 4.87. The Morgan fingerprint density at radius 1 is 0.900 bits per heavy atom. The maximum Gasteiger partial charge on any atom is 0.347 e. The van der Waals surface area contributed by atoms with Crippen molar-refractivity contribution < 1.29 is 29.2 Å². The molecule has 0 radical (unpaired) electrons. The number of carboxylic acids is 1. The van der Waals surface area contributed by atoms with E-state index >= 15 is 0 Å². The maximum absolute atomic E-state index is 12.1. The second-order valence-electron chi connectivity index (χ2n) is 7.76. The van der Waals surface area contributed by atoms with Gasteiger partial charge in [0.25, 0.3) is 23.4 Å². The quantitative estimate of drug-likeness (QED) is 0.159. The van der Waals surface area contributed by atoms with Crippen LogP contribution in [0.3, 0.4) is 0 Å². The molecule has 0 fully saturated rings. The number of nitrogens with two attached hydrogens (primary N) is 1. The number of benzene rings is 2. The summed E-state index contributed by atoms with van der Waals surface area (Å²) in [5.74, 6) is -2.56. The van der Waals surface area contributed by atoms with E-state index in [1.807, 2.05) is 12.1 Å². The number of nitro benzene ring substituents is 1. The number of carbonyl (C=O) groups is 4. The predicted molar refractivity (Wildman–Crippen MR) is 152 cm³/mol. The summed E-state index contributed by atoms with van der Waals surface area (Å²) < 4.78 is 0.926. The van der Waals surface area contributed by atoms with Crippen LogP contribution in [-0.2, 0) is 0 Å². The molecule has 2 aromatic carbocycles. The number of carbonyl (C=O) groups excluding carboxylic acids is 3. The van der Waals surface area contributed by atoms with Crippen molar-refractivity contribution in [2.75, 3.05) is 10.6 Å². The monoisotopic (exact) mass is 646 g/mol. The molecule has 0 saturated carbocycles. The van der Waals surface area contributed by atoms with Gasteiger partial charge in [0.15, 0.2) is 10.1 Å². The van der Waals surface area contributed by atoms with E-state index in [0.29, 0.717) is 22.0 Å². The number of anilines is 2. The maximum atomic E-state index is 12.1. The first kappa shape index (κ1) is 30.0. The van der Waals surface area contributed by atoms with Gasteiger partial charge < -0.3 is 16.2 Å². The van der Waals surface area contributed by atoms with Crippen molar-refractivity contribution in [1.29, 1.82) is 0 Å². The number of non-ortho nitro benzene ring substituents is 1. The number of aryl methyl sites for hydroxylation is 2. The van der Waals surface area contributed by atoms with E-state index in [1.165, 1.54) is 31.2 Å². The first-order valence-electron chi connectivity index (χ1n) is 11.0. The van der Waals surface area contributed by atoms with Gasteiger partial charge in [0.1, 0.15) is 9.75 Å². The van der Waals surface area contributed by atoms with Crippen molar-refractivity contribution in [1.82, 2.24) is 9.97 Å². The van der Waals surface area contributed by atoms with E-state index in [1.54, 1.807) is 19.1 Å². The number of nitrogens with one attached hydrogen (secondary N) is 2. The highest BCUT2D eigenvalue weighted by atomic mass is 79.9. The molecule has 5 N–H and O–H groups in total. The van der Waals surface area contributed by atoms with Gasteiger partial charge in [0, 0.05) is 27.9 Å². The molecule has 4 rings (SSSR count). The lowest BCUT2D eigenvalue weighted by atomic mass is 10.2. The third-order valence-corrected chi connectivity index (χ3v) is 7.63. The minimum atomic E-state index is -1.11. The van der Waals surface area contributed by atoms with Crippen molar-refractivity contribution >= 4 is 78.8 Å². The second kappa shape index (κ2) is 13.0. The Balaban J connectivity index is 0.000000222. The van der Waals surface area contributed by atoms with Crippen LogP contribution in [0.5, 0.6) is 0 Å². The first-order chi connectivity index (χ1) is 18.8. The number of thiazole rings is 2. The molecule has 2 aromatic heterocycles. The first-order valence-corrected chi connectivity index (χ1v) is 13.4. The van der Waals surface area contributed by atoms with Gasteiger partial charge in [-0.25, -0.2) is 14.8 Å². The second-order valence-corrected chi connectivity index (χ2v) is 10.7. The average Bonchev–Trinajstić information content (AvgIpc) is 3.48. The Morgan fingerprint density at radius 2 is 1.50 bits per heavy atom. The number of hydrogen-bond donors (Lipinski definition) is 4. The number of halogens is 1. The van der Waals surface area contributed by atoms with Crippen molar-refractivity contribution in [3.05, 3.63) is 94.8 Å². The molecule has 0 unspecified atom stereocenters. The fourth-order valence-electron chi connectivity index (χ4n) is 2.99. The molecule has 40 heavy (non-hydrogen) atoms. The molecule has 0 bridgehead atoms. The molecule has 4 aromatic rings. The number of nitrogens with zero attached hydrogens (tertiary/aromatic N) is 3. The number of rotatable bonds is 7. The van der Waals surface area contributed by atoms with Crippen LogP contribution in [0, 0.1) is 24.0 Å². The molecule has 0 saturated heterocycles. The van der Waals surface area contributed by atoms with Crippen LogP contribution < -0.4 is 16.4 Å². The average molecular weight is 647 g/mol. The van der Waals surface area contributed by atoms with E-state index in [0.717, 1.165) is 27.1 Å². The van der Waals surface area contributed by atoms with Gasteiger partial charge in [0.2, 0.25) is 0 Å². The molecule has 3 amide bonds. The van der Waals surface area contributed by atoms with E-state index in [2.05, 4.69) is 36.5 Å². The third kappa shape index (κ3) is 7.75. The minimum Gasteiger partial charge on any atom is -0.477 e. The normalized spacial score (nSPS) is 10.2. The lowest BCUT2D eigenvalue weighted by Gasteiger charge is -2.03. The van der Waals surface area contributed by atoms with Crippen molar-refractivity contribution in [3.8, 4) is 0 Å². The largest absolute Gasteiger partial charge is 0.477 e. The molecule has 16 heteroatoms. The molecule has 2 heterocycles. The summed E-state index contributed by atoms with van der Waals surface area (Å²) in [6.45, 7) is 3.20. The summed E-state index contributed by atoms with van der Waals surface area (Å²) in [4.78, 5) is 64.2. The van der Waals surface area contributed by atoms with Crippen molar-refractivity contribution in [3.63, 3.8) is 0 Å². The molecule has 206 valence electrons. The number of aromatic carboxylic acids is 1. The van der Waals surface area contributed by atoms with Gasteiger partial charge in [-0.05, 0) is 50.2 Å². The van der Waals surface area contributed by atoms with Gasteiger partial charge >= 0.3 is 5.97 Å². The molecular weight excluding hydrogens is 628 g/mol. The Morgan fingerprint density at radius 3 is 2.00 bits per heavy atom. The van der Waals surface area contributed by atoms with Gasteiger partial charge in [0.05, 0.1) is 16.3 Å². The van der Waals surface area contributed by atoms with E-state index in [9.17, 15) is 29.3 Å². The molecule has 0 aliphatic rings. The Bertz CT molecular complexity index is 1600. The number of aromatic nitrogens is 2. The lowest BCUT2D eigenvalue weighted by Crippen LogP contribution is -2.11. The van der Waals surface area contributed by atoms with Gasteiger partial charge in [-0.3, -0.25) is 29.8 Å². The number of hydrogen-bond acceptors (Lipinski definition) is 10. The summed E-state index contributed by atoms with van der Waals surface area (Å²) in [6.07, 6.45) is 0. The number of amides is 3. The summed E-state index contributed by atoms with van der Waals surface area (Å²) in [7, 11) is 0. The highest BCUT2D eigenvalue weighted by Gasteiger charge is 2.18. The van der Waals surface area contributed by atoms with Crippen LogP contribution in [0.15, 0.2) is 53.0 Å². The Hall–Kier alpha value is -4.54. The molecule has 13 nitrogen and oxygen atoms in total. The van der Waals surface area contributed by atoms with Crippen LogP contribution in [0.4, 0.5) is 16.5 Å². The molecule has 0 spiro atoms. The highest BCUT2D eigenvalue weighted by Crippen LogP contribution is 2.23. The summed E-state index contributed by atoms with van der Waals surface area (Å²) in [5, 5.41) is 24.9. The zero-order valence-corrected chi connectivity index (χ0v) is 23.8. The predicted octanol–water partition coefficient (Wildman–Crippen LogP) is 4.88. The number of primary amides is 1. The Kier molecular flexibility index (Phi) is 9.76. The van der Waals surface area contributed by atoms with Crippen LogP contribution in [0.1, 0.15) is 50.9 Å². The highest BCUT2D eigenvalue weighted by molar-refractivity contribution is 9.10. The summed E-state index contributed by atoms with van der Waals surface area (Å²) in [6, 6.07) is 12.2. The fraction of sp³-hybridized carbons (Fsp3) is 0.0833.